The van der Waals surface area contributed by atoms with Crippen molar-refractivity contribution in [2.45, 2.75) is 39.0 Å². The molecule has 1 fully saturated rings. The molecule has 1 aliphatic rings. The quantitative estimate of drug-likeness (QED) is 0.101. The number of carbonyl (C=O) groups is 1. The summed E-state index contributed by atoms with van der Waals surface area (Å²) in [5.41, 5.74) is 6.05. The highest BCUT2D eigenvalue weighted by Crippen LogP contribution is 2.27. The van der Waals surface area contributed by atoms with Crippen LogP contribution in [0.15, 0.2) is 128 Å². The normalized spacial score (nSPS) is 13.7. The third kappa shape index (κ3) is 8.97. The molecule has 0 radical (unpaired) electrons. The topological polar surface area (TPSA) is 104 Å². The van der Waals surface area contributed by atoms with Crippen LogP contribution in [0.3, 0.4) is 0 Å². The minimum Gasteiger partial charge on any atom is -0.462 e. The number of ether oxygens (including phenoxy) is 1. The van der Waals surface area contributed by atoms with Crippen molar-refractivity contribution in [1.82, 2.24) is 0 Å². The van der Waals surface area contributed by atoms with Crippen LogP contribution >= 0.6 is 0 Å². The lowest BCUT2D eigenvalue weighted by molar-refractivity contribution is 0.0500. The molecule has 43 heavy (non-hydrogen) atoms. The Morgan fingerprint density at radius 3 is 1.35 bits per heavy atom. The summed E-state index contributed by atoms with van der Waals surface area (Å²) in [4.78, 5) is 14.4. The average molecular weight is 574 g/mol. The molecule has 4 aromatic carbocycles. The van der Waals surface area contributed by atoms with Gasteiger partial charge in [0.05, 0.1) is 46.3 Å². The van der Waals surface area contributed by atoms with E-state index in [2.05, 4.69) is 54.6 Å². The molecule has 9 nitrogen and oxygen atoms in total. The summed E-state index contributed by atoms with van der Waals surface area (Å²) in [6.07, 6.45) is 5.68. The van der Waals surface area contributed by atoms with E-state index in [9.17, 15) is 4.79 Å². The van der Waals surface area contributed by atoms with Gasteiger partial charge in [0.25, 0.3) is 0 Å². The zero-order valence-corrected chi connectivity index (χ0v) is 24.3. The van der Waals surface area contributed by atoms with Crippen molar-refractivity contribution >= 4 is 45.8 Å². The van der Waals surface area contributed by atoms with Gasteiger partial charge in [0.15, 0.2) is 0 Å². The largest absolute Gasteiger partial charge is 0.462 e. The molecule has 9 heteroatoms. The first-order valence-electron chi connectivity index (χ1n) is 14.7. The average Bonchev–Trinajstić information content (AvgIpc) is 3.07. The number of esters is 1. The molecule has 0 spiro atoms. The Kier molecular flexibility index (Phi) is 10.4. The Morgan fingerprint density at radius 2 is 0.953 bits per heavy atom. The summed E-state index contributed by atoms with van der Waals surface area (Å²) in [6.45, 7) is 4.73. The lowest BCUT2D eigenvalue weighted by atomic mass is 10.1. The molecule has 218 valence electrons. The molecule has 0 bridgehead atoms. The van der Waals surface area contributed by atoms with Crippen LogP contribution in [0.5, 0.6) is 0 Å². The van der Waals surface area contributed by atoms with E-state index in [1.54, 1.807) is 24.3 Å². The number of anilines is 1. The van der Waals surface area contributed by atoms with Gasteiger partial charge in [0.1, 0.15) is 0 Å². The summed E-state index contributed by atoms with van der Waals surface area (Å²) in [6, 6.07) is 29.9. The number of benzene rings is 4. The molecule has 0 aliphatic carbocycles. The highest BCUT2D eigenvalue weighted by atomic mass is 16.5. The number of nitrogens with zero attached hydrogens (tertiary/aromatic N) is 7. The second-order valence-electron chi connectivity index (χ2n) is 10.2. The maximum Gasteiger partial charge on any atom is 0.338 e. The van der Waals surface area contributed by atoms with Gasteiger partial charge in [0.2, 0.25) is 0 Å². The fraction of sp³-hybridized carbons (Fsp3) is 0.265. The van der Waals surface area contributed by atoms with E-state index < -0.39 is 0 Å². The highest BCUT2D eigenvalue weighted by molar-refractivity contribution is 5.89. The minimum absolute atomic E-state index is 0.326. The van der Waals surface area contributed by atoms with E-state index in [-0.39, 0.29) is 5.97 Å². The van der Waals surface area contributed by atoms with Gasteiger partial charge in [-0.2, -0.15) is 30.7 Å². The van der Waals surface area contributed by atoms with Crippen LogP contribution in [-0.4, -0.2) is 25.7 Å². The predicted molar refractivity (Wildman–Crippen MR) is 170 cm³/mol. The van der Waals surface area contributed by atoms with E-state index in [1.807, 2.05) is 60.7 Å². The molecule has 1 aliphatic heterocycles. The predicted octanol–water partition coefficient (Wildman–Crippen LogP) is 10.9. The smallest absolute Gasteiger partial charge is 0.338 e. The van der Waals surface area contributed by atoms with Gasteiger partial charge in [-0.15, -0.1) is 0 Å². The molecule has 0 atom stereocenters. The van der Waals surface area contributed by atoms with Crippen molar-refractivity contribution in [3.05, 3.63) is 103 Å². The zero-order chi connectivity index (χ0) is 29.7. The lowest BCUT2D eigenvalue weighted by Gasteiger charge is -2.28. The molecule has 1 heterocycles. The van der Waals surface area contributed by atoms with Crippen molar-refractivity contribution < 1.29 is 9.53 Å². The number of hydrogen-bond acceptors (Lipinski definition) is 9. The van der Waals surface area contributed by atoms with Crippen LogP contribution < -0.4 is 4.90 Å². The Balaban J connectivity index is 1.10. The monoisotopic (exact) mass is 573 g/mol. The van der Waals surface area contributed by atoms with Crippen molar-refractivity contribution in [3.63, 3.8) is 0 Å². The Bertz CT molecular complexity index is 1540. The number of unbranched alkanes of at least 4 members (excludes halogenated alkanes) is 1. The van der Waals surface area contributed by atoms with Crippen LogP contribution in [0.25, 0.3) is 0 Å². The second kappa shape index (κ2) is 15.3. The van der Waals surface area contributed by atoms with Crippen LogP contribution in [0.2, 0.25) is 0 Å². The first-order chi connectivity index (χ1) is 21.2. The molecule has 5 rings (SSSR count). The number of azo groups is 3. The van der Waals surface area contributed by atoms with Gasteiger partial charge in [0, 0.05) is 18.8 Å². The highest BCUT2D eigenvalue weighted by Gasteiger charge is 2.10. The minimum atomic E-state index is -0.326. The summed E-state index contributed by atoms with van der Waals surface area (Å²) < 4.78 is 5.23. The van der Waals surface area contributed by atoms with Gasteiger partial charge >= 0.3 is 5.97 Å². The Labute approximate surface area is 252 Å². The van der Waals surface area contributed by atoms with Crippen LogP contribution in [0.1, 0.15) is 49.4 Å². The first kappa shape index (κ1) is 29.4. The molecule has 0 N–H and O–H groups in total. The number of piperidine rings is 1. The van der Waals surface area contributed by atoms with Gasteiger partial charge in [-0.25, -0.2) is 4.79 Å². The van der Waals surface area contributed by atoms with Gasteiger partial charge < -0.3 is 9.64 Å². The van der Waals surface area contributed by atoms with Gasteiger partial charge in [-0.1, -0.05) is 13.3 Å². The van der Waals surface area contributed by atoms with Crippen molar-refractivity contribution in [3.8, 4) is 0 Å². The van der Waals surface area contributed by atoms with Crippen molar-refractivity contribution in [2.24, 2.45) is 30.7 Å². The lowest BCUT2D eigenvalue weighted by Crippen LogP contribution is -2.29. The third-order valence-corrected chi connectivity index (χ3v) is 6.95. The fourth-order valence-corrected chi connectivity index (χ4v) is 4.46. The molecule has 0 amide bonds. The first-order valence-corrected chi connectivity index (χ1v) is 14.7. The number of rotatable bonds is 11. The van der Waals surface area contributed by atoms with Gasteiger partial charge in [-0.05, 0) is 123 Å². The molecule has 0 aromatic heterocycles. The zero-order valence-electron chi connectivity index (χ0n) is 24.3. The Morgan fingerprint density at radius 1 is 0.581 bits per heavy atom. The second-order valence-corrected chi connectivity index (χ2v) is 10.2. The fourth-order valence-electron chi connectivity index (χ4n) is 4.46. The maximum atomic E-state index is 12.0. The van der Waals surface area contributed by atoms with Crippen molar-refractivity contribution in [2.75, 3.05) is 24.6 Å². The maximum absolute atomic E-state index is 12.0. The van der Waals surface area contributed by atoms with Gasteiger partial charge in [-0.3, -0.25) is 0 Å². The van der Waals surface area contributed by atoms with E-state index >= 15 is 0 Å². The summed E-state index contributed by atoms with van der Waals surface area (Å²) >= 11 is 0. The third-order valence-electron chi connectivity index (χ3n) is 6.95. The SMILES string of the molecule is CCCCOC(=O)c1ccc(N=Nc2ccc(N=Nc3ccc(N=Nc4ccc(N5CCCCC5)cc4)cc3)cc2)cc1. The molecule has 0 saturated carbocycles. The van der Waals surface area contributed by atoms with Crippen LogP contribution in [0, 0.1) is 0 Å². The standard InChI is InChI=1S/C34H35N7O2/c1-2-3-25-43-34(42)26-7-9-27(10-8-26)35-36-28-11-13-29(14-12-28)37-38-30-15-17-31(18-16-30)39-40-32-19-21-33(22-20-32)41-23-5-4-6-24-41/h7-22H,2-6,23-25H2,1H3. The number of carbonyl (C=O) groups excluding carboxylic acids is 1. The van der Waals surface area contributed by atoms with E-state index in [4.69, 9.17) is 4.74 Å². The van der Waals surface area contributed by atoms with E-state index in [1.165, 1.54) is 24.9 Å². The summed E-state index contributed by atoms with van der Waals surface area (Å²) in [7, 11) is 0. The molecule has 0 unspecified atom stereocenters. The van der Waals surface area contributed by atoms with E-state index in [0.717, 1.165) is 37.3 Å². The summed E-state index contributed by atoms with van der Waals surface area (Å²) in [5.74, 6) is -0.326. The van der Waals surface area contributed by atoms with Crippen LogP contribution in [0.4, 0.5) is 39.8 Å². The number of hydrogen-bond donors (Lipinski definition) is 0. The molecule has 4 aromatic rings. The Hall–Kier alpha value is -5.05. The summed E-state index contributed by atoms with van der Waals surface area (Å²) in [5, 5.41) is 25.8. The molecular formula is C34H35N7O2. The van der Waals surface area contributed by atoms with Crippen molar-refractivity contribution in [1.29, 1.82) is 0 Å². The molecular weight excluding hydrogens is 538 g/mol. The molecule has 1 saturated heterocycles. The van der Waals surface area contributed by atoms with E-state index in [0.29, 0.717) is 34.9 Å². The van der Waals surface area contributed by atoms with Crippen LogP contribution in [-0.2, 0) is 4.74 Å².